The lowest BCUT2D eigenvalue weighted by atomic mass is 10.2. The van der Waals surface area contributed by atoms with Gasteiger partial charge in [0.15, 0.2) is 12.5 Å². The average molecular weight is 475 g/mol. The van der Waals surface area contributed by atoms with E-state index < -0.39 is 46.1 Å². The number of nitrogens with zero attached hydrogens (tertiary/aromatic N) is 3. The van der Waals surface area contributed by atoms with Crippen LogP contribution in [0.15, 0.2) is 17.1 Å². The highest BCUT2D eigenvalue weighted by molar-refractivity contribution is 7.61. The Balaban J connectivity index is 2.04. The number of quaternary nitrogens is 1. The van der Waals surface area contributed by atoms with Gasteiger partial charge in [-0.05, 0) is 6.07 Å². The maximum atomic E-state index is 12.1. The number of aliphatic hydroxyl groups excluding tert-OH is 2. The number of ether oxygens (including phenoxy) is 1. The lowest BCUT2D eigenvalue weighted by Gasteiger charge is -2.24. The second-order valence-corrected chi connectivity index (χ2v) is 10.4. The van der Waals surface area contributed by atoms with E-state index in [9.17, 15) is 33.9 Å². The number of nitrogens with two attached hydrogens (primary N) is 1. The second kappa shape index (κ2) is 9.10. The van der Waals surface area contributed by atoms with Crippen LogP contribution in [0.1, 0.15) is 6.23 Å². The number of anilines is 1. The standard InChI is InChI=1S/C13H24N4O11P2/c1-17(2,3)6-7-25-29(21,22)28-30(23,24)27-12-10(19)9(18)11(26-12)16-5-4-8(14)15-13(16)20/h4-5,9-12,18-19H,6-7H2,1-3H3,(H3-,14,15,20,21,22,23,24)/p+1/t9-,10+,11-,12-/m1/s1. The first-order chi connectivity index (χ1) is 13.6. The topological polar surface area (TPSA) is 213 Å². The van der Waals surface area contributed by atoms with Crippen molar-refractivity contribution >= 4 is 21.5 Å². The van der Waals surface area contributed by atoms with Crippen LogP contribution in [0.4, 0.5) is 5.82 Å². The first kappa shape index (κ1) is 25.0. The number of rotatable bonds is 9. The Labute approximate surface area is 171 Å². The van der Waals surface area contributed by atoms with Crippen LogP contribution in [0.5, 0.6) is 0 Å². The zero-order valence-corrected chi connectivity index (χ0v) is 18.1. The van der Waals surface area contributed by atoms with Crippen LogP contribution in [0, 0.1) is 0 Å². The molecule has 15 nitrogen and oxygen atoms in total. The molecule has 1 aromatic heterocycles. The molecule has 0 saturated carbocycles. The SMILES string of the molecule is C[N+](C)(C)CCOP(=O)(O)OP(=O)(O)O[C@H]1O[C@@H](n2ccc(N)nc2=O)[C@H](O)[C@@H]1O. The van der Waals surface area contributed by atoms with Crippen LogP contribution in [-0.2, 0) is 27.2 Å². The minimum absolute atomic E-state index is 0.102. The first-order valence-electron chi connectivity index (χ1n) is 8.47. The van der Waals surface area contributed by atoms with Gasteiger partial charge in [0, 0.05) is 6.20 Å². The maximum Gasteiger partial charge on any atom is 0.483 e. The maximum absolute atomic E-state index is 12.1. The highest BCUT2D eigenvalue weighted by Crippen LogP contribution is 2.61. The molecule has 0 bridgehead atoms. The van der Waals surface area contributed by atoms with E-state index in [-0.39, 0.29) is 19.0 Å². The molecule has 1 fully saturated rings. The van der Waals surface area contributed by atoms with E-state index in [1.807, 2.05) is 0 Å². The van der Waals surface area contributed by atoms with E-state index in [1.165, 1.54) is 6.07 Å². The largest absolute Gasteiger partial charge is 0.483 e. The van der Waals surface area contributed by atoms with Gasteiger partial charge in [0.1, 0.15) is 31.2 Å². The predicted octanol–water partition coefficient (Wildman–Crippen LogP) is -1.64. The lowest BCUT2D eigenvalue weighted by molar-refractivity contribution is -0.870. The summed E-state index contributed by atoms with van der Waals surface area (Å²) in [5, 5.41) is 20.1. The quantitative estimate of drug-likeness (QED) is 0.200. The third-order valence-corrected chi connectivity index (χ3v) is 6.41. The molecule has 1 aliphatic heterocycles. The third-order valence-electron chi connectivity index (χ3n) is 3.78. The molecule has 1 aliphatic rings. The number of phosphoric acid groups is 2. The van der Waals surface area contributed by atoms with Gasteiger partial charge in [0.2, 0.25) is 0 Å². The molecule has 0 radical (unpaired) electrons. The van der Waals surface area contributed by atoms with Crippen molar-refractivity contribution in [1.82, 2.24) is 9.55 Å². The average Bonchev–Trinajstić information content (AvgIpc) is 2.80. The molecule has 1 aromatic rings. The van der Waals surface area contributed by atoms with Gasteiger partial charge < -0.3 is 35.0 Å². The van der Waals surface area contributed by atoms with Crippen molar-refractivity contribution in [1.29, 1.82) is 0 Å². The van der Waals surface area contributed by atoms with Crippen molar-refractivity contribution < 1.29 is 51.7 Å². The van der Waals surface area contributed by atoms with Crippen LogP contribution in [0.2, 0.25) is 0 Å². The molecule has 6 atom stereocenters. The summed E-state index contributed by atoms with van der Waals surface area (Å²) in [4.78, 5) is 34.6. The van der Waals surface area contributed by atoms with Crippen molar-refractivity contribution in [2.75, 3.05) is 40.0 Å². The van der Waals surface area contributed by atoms with Gasteiger partial charge in [0.25, 0.3) is 0 Å². The number of aromatic nitrogens is 2. The summed E-state index contributed by atoms with van der Waals surface area (Å²) in [5.74, 6) is -0.102. The fraction of sp³-hybridized carbons (Fsp3) is 0.692. The van der Waals surface area contributed by atoms with Crippen LogP contribution in [-0.4, -0.2) is 86.8 Å². The van der Waals surface area contributed by atoms with Crippen LogP contribution >= 0.6 is 15.6 Å². The highest BCUT2D eigenvalue weighted by Gasteiger charge is 2.49. The molecule has 1 saturated heterocycles. The van der Waals surface area contributed by atoms with E-state index in [1.54, 1.807) is 21.1 Å². The van der Waals surface area contributed by atoms with Crippen LogP contribution < -0.4 is 11.4 Å². The third kappa shape index (κ3) is 6.90. The Morgan fingerprint density at radius 2 is 1.87 bits per heavy atom. The molecule has 0 aliphatic carbocycles. The molecule has 2 rings (SSSR count). The summed E-state index contributed by atoms with van der Waals surface area (Å²) in [6.45, 7) is 0.0148. The van der Waals surface area contributed by atoms with E-state index in [0.29, 0.717) is 4.48 Å². The van der Waals surface area contributed by atoms with Crippen molar-refractivity contribution in [3.8, 4) is 0 Å². The summed E-state index contributed by atoms with van der Waals surface area (Å²) in [7, 11) is -4.95. The number of hydrogen-bond acceptors (Lipinski definition) is 11. The molecule has 0 aromatic carbocycles. The number of nitrogen functional groups attached to an aromatic ring is 1. The zero-order chi connectivity index (χ0) is 22.9. The summed E-state index contributed by atoms with van der Waals surface area (Å²) < 4.78 is 43.5. The van der Waals surface area contributed by atoms with Gasteiger partial charge in [-0.1, -0.05) is 0 Å². The Hall–Kier alpha value is -1.22. The van der Waals surface area contributed by atoms with E-state index in [2.05, 4.69) is 18.3 Å². The van der Waals surface area contributed by atoms with Crippen molar-refractivity contribution in [2.24, 2.45) is 0 Å². The van der Waals surface area contributed by atoms with Crippen molar-refractivity contribution in [3.63, 3.8) is 0 Å². The molecular formula is C13H25N4O11P2+. The molecule has 6 N–H and O–H groups in total. The van der Waals surface area contributed by atoms with Gasteiger partial charge in [-0.2, -0.15) is 9.29 Å². The van der Waals surface area contributed by atoms with Gasteiger partial charge in [-0.15, -0.1) is 0 Å². The molecule has 30 heavy (non-hydrogen) atoms. The van der Waals surface area contributed by atoms with Crippen molar-refractivity contribution in [3.05, 3.63) is 22.7 Å². The second-order valence-electron chi connectivity index (χ2n) is 7.39. The first-order valence-corrected chi connectivity index (χ1v) is 11.5. The minimum atomic E-state index is -5.31. The summed E-state index contributed by atoms with van der Waals surface area (Å²) in [5.41, 5.74) is 4.43. The van der Waals surface area contributed by atoms with Gasteiger partial charge in [0.05, 0.1) is 21.1 Å². The molecule has 0 spiro atoms. The number of likely N-dealkylation sites (N-methyl/N-ethyl adjacent to an activating group) is 1. The smallest absolute Gasteiger partial charge is 0.385 e. The van der Waals surface area contributed by atoms with Gasteiger partial charge in [-0.3, -0.25) is 13.6 Å². The number of aliphatic hydroxyl groups is 2. The van der Waals surface area contributed by atoms with E-state index in [4.69, 9.17) is 10.5 Å². The molecule has 17 heteroatoms. The highest BCUT2D eigenvalue weighted by atomic mass is 31.3. The Morgan fingerprint density at radius 1 is 1.23 bits per heavy atom. The summed E-state index contributed by atoms with van der Waals surface area (Å²) in [6, 6.07) is 1.22. The predicted molar refractivity (Wildman–Crippen MR) is 99.5 cm³/mol. The fourth-order valence-corrected chi connectivity index (χ4v) is 4.43. The Morgan fingerprint density at radius 3 is 2.43 bits per heavy atom. The molecule has 172 valence electrons. The fourth-order valence-electron chi connectivity index (χ4n) is 2.30. The summed E-state index contributed by atoms with van der Waals surface area (Å²) >= 11 is 0. The lowest BCUT2D eigenvalue weighted by Crippen LogP contribution is -2.37. The van der Waals surface area contributed by atoms with Crippen LogP contribution in [0.3, 0.4) is 0 Å². The van der Waals surface area contributed by atoms with Gasteiger partial charge in [-0.25, -0.2) is 13.9 Å². The van der Waals surface area contributed by atoms with E-state index in [0.717, 1.165) is 10.8 Å². The normalized spacial score (nSPS) is 28.8. The Bertz CT molecular complexity index is 904. The molecule has 2 heterocycles. The van der Waals surface area contributed by atoms with Crippen molar-refractivity contribution in [2.45, 2.75) is 24.7 Å². The molecule has 2 unspecified atom stereocenters. The number of phosphoric ester groups is 2. The number of hydrogen-bond donors (Lipinski definition) is 5. The monoisotopic (exact) mass is 475 g/mol. The van der Waals surface area contributed by atoms with Crippen LogP contribution in [0.25, 0.3) is 0 Å². The summed E-state index contributed by atoms with van der Waals surface area (Å²) in [6.07, 6.45) is -6.11. The van der Waals surface area contributed by atoms with E-state index >= 15 is 0 Å². The zero-order valence-electron chi connectivity index (χ0n) is 16.3. The molecule has 0 amide bonds. The minimum Gasteiger partial charge on any atom is -0.385 e. The Kier molecular flexibility index (Phi) is 7.60. The molecular weight excluding hydrogens is 450 g/mol. The van der Waals surface area contributed by atoms with Gasteiger partial charge >= 0.3 is 21.3 Å².